The summed E-state index contributed by atoms with van der Waals surface area (Å²) in [5.74, 6) is 1.51. The third-order valence-electron chi connectivity index (χ3n) is 1.82. The second-order valence-electron chi connectivity index (χ2n) is 2.87. The molecule has 0 aliphatic carbocycles. The molecular weight excluding hydrogens is 246 g/mol. The van der Waals surface area contributed by atoms with Crippen molar-refractivity contribution >= 4 is 21.8 Å². The largest absolute Gasteiger partial charge is 0.484 e. The summed E-state index contributed by atoms with van der Waals surface area (Å²) in [7, 11) is 0. The zero-order valence-electron chi connectivity index (χ0n) is 7.57. The van der Waals surface area contributed by atoms with E-state index in [1.165, 1.54) is 0 Å². The smallest absolute Gasteiger partial charge is 0.222 e. The van der Waals surface area contributed by atoms with E-state index in [1.54, 1.807) is 0 Å². The van der Waals surface area contributed by atoms with Crippen LogP contribution < -0.4 is 4.74 Å². The van der Waals surface area contributed by atoms with Crippen molar-refractivity contribution in [3.63, 3.8) is 0 Å². The van der Waals surface area contributed by atoms with E-state index >= 15 is 0 Å². The molecular formula is C10H10BrNO2. The van der Waals surface area contributed by atoms with Crippen molar-refractivity contribution < 1.29 is 9.47 Å². The summed E-state index contributed by atoms with van der Waals surface area (Å²) in [4.78, 5) is 4.13. The molecule has 0 bridgehead atoms. The maximum absolute atomic E-state index is 5.47. The van der Waals surface area contributed by atoms with Crippen LogP contribution in [0.15, 0.2) is 33.7 Å². The molecule has 0 unspecified atom stereocenters. The Balaban J connectivity index is 1.88. The number of hydrogen-bond donors (Lipinski definition) is 0. The van der Waals surface area contributed by atoms with Crippen LogP contribution in [-0.4, -0.2) is 25.7 Å². The Bertz CT molecular complexity index is 334. The lowest BCUT2D eigenvalue weighted by atomic mass is 10.3. The van der Waals surface area contributed by atoms with E-state index in [-0.39, 0.29) is 0 Å². The van der Waals surface area contributed by atoms with E-state index in [2.05, 4.69) is 20.9 Å². The highest BCUT2D eigenvalue weighted by molar-refractivity contribution is 9.10. The Labute approximate surface area is 90.9 Å². The predicted molar refractivity (Wildman–Crippen MR) is 57.9 cm³/mol. The van der Waals surface area contributed by atoms with Crippen molar-refractivity contribution in [3.8, 4) is 5.75 Å². The lowest BCUT2D eigenvalue weighted by molar-refractivity contribution is 0.293. The Morgan fingerprint density at radius 3 is 2.79 bits per heavy atom. The maximum Gasteiger partial charge on any atom is 0.222 e. The summed E-state index contributed by atoms with van der Waals surface area (Å²) in [5.41, 5.74) is 0. The SMILES string of the molecule is Brc1ccc(OCC2=NCCO2)cc1. The summed E-state index contributed by atoms with van der Waals surface area (Å²) in [6, 6.07) is 7.68. The monoisotopic (exact) mass is 255 g/mol. The van der Waals surface area contributed by atoms with Crippen molar-refractivity contribution in [2.75, 3.05) is 19.8 Å². The van der Waals surface area contributed by atoms with Crippen LogP contribution in [0.1, 0.15) is 0 Å². The van der Waals surface area contributed by atoms with Gasteiger partial charge in [0.2, 0.25) is 5.90 Å². The Hall–Kier alpha value is -1.03. The third-order valence-corrected chi connectivity index (χ3v) is 2.35. The fourth-order valence-corrected chi connectivity index (χ4v) is 1.41. The molecule has 0 saturated carbocycles. The van der Waals surface area contributed by atoms with Gasteiger partial charge in [0.25, 0.3) is 0 Å². The van der Waals surface area contributed by atoms with Crippen LogP contribution in [0.5, 0.6) is 5.75 Å². The topological polar surface area (TPSA) is 30.8 Å². The lowest BCUT2D eigenvalue weighted by Crippen LogP contribution is -2.11. The Morgan fingerprint density at radius 2 is 2.14 bits per heavy atom. The standard InChI is InChI=1S/C10H10BrNO2/c11-8-1-3-9(4-2-8)14-7-10-12-5-6-13-10/h1-4H,5-7H2. The fraction of sp³-hybridized carbons (Fsp3) is 0.300. The zero-order valence-corrected chi connectivity index (χ0v) is 9.16. The number of ether oxygens (including phenoxy) is 2. The van der Waals surface area contributed by atoms with Gasteiger partial charge in [0, 0.05) is 4.47 Å². The number of rotatable bonds is 3. The average molecular weight is 256 g/mol. The van der Waals surface area contributed by atoms with E-state index in [0.717, 1.165) is 16.8 Å². The maximum atomic E-state index is 5.47. The zero-order chi connectivity index (χ0) is 9.80. The van der Waals surface area contributed by atoms with E-state index in [9.17, 15) is 0 Å². The molecule has 1 aromatic rings. The van der Waals surface area contributed by atoms with Crippen molar-refractivity contribution in [2.45, 2.75) is 0 Å². The normalized spacial score (nSPS) is 14.8. The van der Waals surface area contributed by atoms with Crippen molar-refractivity contribution in [3.05, 3.63) is 28.7 Å². The van der Waals surface area contributed by atoms with Crippen LogP contribution in [0.4, 0.5) is 0 Å². The van der Waals surface area contributed by atoms with Crippen LogP contribution in [0.25, 0.3) is 0 Å². The molecule has 4 heteroatoms. The average Bonchev–Trinajstić information content (AvgIpc) is 2.70. The summed E-state index contributed by atoms with van der Waals surface area (Å²) >= 11 is 3.36. The molecule has 14 heavy (non-hydrogen) atoms. The van der Waals surface area contributed by atoms with Gasteiger partial charge >= 0.3 is 0 Å². The van der Waals surface area contributed by atoms with Crippen LogP contribution in [0.3, 0.4) is 0 Å². The van der Waals surface area contributed by atoms with Gasteiger partial charge in [-0.2, -0.15) is 0 Å². The molecule has 0 radical (unpaired) electrons. The Morgan fingerprint density at radius 1 is 1.36 bits per heavy atom. The first-order valence-electron chi connectivity index (χ1n) is 4.39. The summed E-state index contributed by atoms with van der Waals surface area (Å²) < 4.78 is 11.7. The molecule has 0 saturated heterocycles. The van der Waals surface area contributed by atoms with Gasteiger partial charge in [-0.05, 0) is 24.3 Å². The minimum absolute atomic E-state index is 0.418. The molecule has 1 aromatic carbocycles. The van der Waals surface area contributed by atoms with Gasteiger partial charge < -0.3 is 9.47 Å². The van der Waals surface area contributed by atoms with E-state index in [4.69, 9.17) is 9.47 Å². The number of hydrogen-bond acceptors (Lipinski definition) is 3. The van der Waals surface area contributed by atoms with Gasteiger partial charge in [0.05, 0.1) is 6.54 Å². The fourth-order valence-electron chi connectivity index (χ4n) is 1.14. The van der Waals surface area contributed by atoms with Crippen LogP contribution in [-0.2, 0) is 4.74 Å². The molecule has 1 aliphatic heterocycles. The third kappa shape index (κ3) is 2.48. The predicted octanol–water partition coefficient (Wildman–Crippen LogP) is 2.26. The second kappa shape index (κ2) is 4.46. The van der Waals surface area contributed by atoms with Crippen LogP contribution in [0.2, 0.25) is 0 Å². The van der Waals surface area contributed by atoms with E-state index < -0.39 is 0 Å². The molecule has 2 rings (SSSR count). The van der Waals surface area contributed by atoms with Crippen LogP contribution in [0, 0.1) is 0 Å². The molecule has 0 atom stereocenters. The number of benzene rings is 1. The van der Waals surface area contributed by atoms with Gasteiger partial charge in [-0.3, -0.25) is 0 Å². The highest BCUT2D eigenvalue weighted by atomic mass is 79.9. The van der Waals surface area contributed by atoms with Crippen LogP contribution >= 0.6 is 15.9 Å². The molecule has 0 spiro atoms. The summed E-state index contributed by atoms with van der Waals surface area (Å²) in [6.07, 6.45) is 0. The molecule has 0 fully saturated rings. The first-order valence-corrected chi connectivity index (χ1v) is 5.18. The highest BCUT2D eigenvalue weighted by Crippen LogP contribution is 2.16. The highest BCUT2D eigenvalue weighted by Gasteiger charge is 2.07. The molecule has 74 valence electrons. The molecule has 0 N–H and O–H groups in total. The van der Waals surface area contributed by atoms with Crippen molar-refractivity contribution in [2.24, 2.45) is 4.99 Å². The first kappa shape index (κ1) is 9.52. The lowest BCUT2D eigenvalue weighted by Gasteiger charge is -2.05. The minimum Gasteiger partial charge on any atom is -0.484 e. The second-order valence-corrected chi connectivity index (χ2v) is 3.78. The van der Waals surface area contributed by atoms with Gasteiger partial charge in [0.15, 0.2) is 6.61 Å². The van der Waals surface area contributed by atoms with Gasteiger partial charge in [0.1, 0.15) is 12.4 Å². The first-order chi connectivity index (χ1) is 6.84. The van der Waals surface area contributed by atoms with Crippen molar-refractivity contribution in [1.82, 2.24) is 0 Å². The molecule has 0 aromatic heterocycles. The molecule has 1 heterocycles. The minimum atomic E-state index is 0.418. The van der Waals surface area contributed by atoms with E-state index in [1.807, 2.05) is 24.3 Å². The number of nitrogens with zero attached hydrogens (tertiary/aromatic N) is 1. The summed E-state index contributed by atoms with van der Waals surface area (Å²) in [5, 5.41) is 0. The van der Waals surface area contributed by atoms with Gasteiger partial charge in [-0.1, -0.05) is 15.9 Å². The Kier molecular flexibility index (Phi) is 3.03. The summed E-state index contributed by atoms with van der Waals surface area (Å²) in [6.45, 7) is 1.85. The number of halogens is 1. The molecule has 3 nitrogen and oxygen atoms in total. The number of aliphatic imine (C=N–C) groups is 1. The molecule has 0 amide bonds. The van der Waals surface area contributed by atoms with E-state index in [0.29, 0.717) is 19.1 Å². The van der Waals surface area contributed by atoms with Crippen molar-refractivity contribution in [1.29, 1.82) is 0 Å². The van der Waals surface area contributed by atoms with Gasteiger partial charge in [-0.15, -0.1) is 0 Å². The molecule has 1 aliphatic rings. The quantitative estimate of drug-likeness (QED) is 0.830. The van der Waals surface area contributed by atoms with Gasteiger partial charge in [-0.25, -0.2) is 4.99 Å².